The number of pyridine rings is 1. The second-order valence-corrected chi connectivity index (χ2v) is 6.93. The highest BCUT2D eigenvalue weighted by atomic mass is 32.2. The van der Waals surface area contributed by atoms with Gasteiger partial charge in [0.1, 0.15) is 21.1 Å². The number of carbonyl (C=O) groups is 1. The van der Waals surface area contributed by atoms with Crippen molar-refractivity contribution in [3.05, 3.63) is 27.9 Å². The Bertz CT molecular complexity index is 613. The van der Waals surface area contributed by atoms with Crippen LogP contribution < -0.4 is 0 Å². The van der Waals surface area contributed by atoms with E-state index in [9.17, 15) is 23.3 Å². The van der Waals surface area contributed by atoms with Crippen molar-refractivity contribution in [3.63, 3.8) is 0 Å². The molecule has 0 bridgehead atoms. The van der Waals surface area contributed by atoms with Crippen LogP contribution in [-0.4, -0.2) is 47.2 Å². The van der Waals surface area contributed by atoms with Crippen LogP contribution in [0.3, 0.4) is 0 Å². The van der Waals surface area contributed by atoms with Gasteiger partial charge in [0.25, 0.3) is 5.69 Å². The van der Waals surface area contributed by atoms with Crippen LogP contribution in [0, 0.1) is 10.1 Å². The predicted octanol–water partition coefficient (Wildman–Crippen LogP) is 0.825. The molecule has 10 heteroatoms. The number of nitrogens with zero attached hydrogens (tertiary/aromatic N) is 2. The van der Waals surface area contributed by atoms with Gasteiger partial charge in [-0.15, -0.1) is 11.8 Å². The van der Waals surface area contributed by atoms with E-state index in [2.05, 4.69) is 4.98 Å². The summed E-state index contributed by atoms with van der Waals surface area (Å²) in [5, 5.41) is 19.5. The van der Waals surface area contributed by atoms with Crippen LogP contribution in [0.2, 0.25) is 0 Å². The SMILES string of the molecule is CS(=O)(=O)CCSc1ncc([N+](=O)[O-])cc1C(=O)O. The van der Waals surface area contributed by atoms with Crippen LogP contribution in [0.15, 0.2) is 17.3 Å². The molecule has 1 heterocycles. The summed E-state index contributed by atoms with van der Waals surface area (Å²) in [7, 11) is -3.15. The van der Waals surface area contributed by atoms with E-state index in [1.54, 1.807) is 0 Å². The molecule has 8 nitrogen and oxygen atoms in total. The lowest BCUT2D eigenvalue weighted by atomic mass is 10.3. The van der Waals surface area contributed by atoms with Crippen molar-refractivity contribution in [2.45, 2.75) is 5.03 Å². The van der Waals surface area contributed by atoms with Crippen molar-refractivity contribution >= 4 is 33.3 Å². The van der Waals surface area contributed by atoms with Crippen molar-refractivity contribution in [1.82, 2.24) is 4.98 Å². The maximum absolute atomic E-state index is 11.0. The first-order valence-corrected chi connectivity index (χ1v) is 7.93. The van der Waals surface area contributed by atoms with Gasteiger partial charge in [-0.3, -0.25) is 10.1 Å². The van der Waals surface area contributed by atoms with E-state index < -0.39 is 26.4 Å². The molecule has 0 saturated carbocycles. The molecule has 1 N–H and O–H groups in total. The minimum absolute atomic E-state index is 0.0572. The fraction of sp³-hybridized carbons (Fsp3) is 0.333. The number of sulfone groups is 1. The lowest BCUT2D eigenvalue weighted by Gasteiger charge is -2.04. The van der Waals surface area contributed by atoms with E-state index >= 15 is 0 Å². The van der Waals surface area contributed by atoms with Gasteiger partial charge in [-0.2, -0.15) is 0 Å². The Hall–Kier alpha value is -1.68. The van der Waals surface area contributed by atoms with Gasteiger partial charge in [0, 0.05) is 18.1 Å². The first kappa shape index (κ1) is 15.4. The van der Waals surface area contributed by atoms with E-state index in [0.717, 1.165) is 30.3 Å². The maximum atomic E-state index is 11.0. The quantitative estimate of drug-likeness (QED) is 0.465. The molecule has 0 aliphatic heterocycles. The van der Waals surface area contributed by atoms with Crippen LogP contribution in [0.5, 0.6) is 0 Å². The summed E-state index contributed by atoms with van der Waals surface area (Å²) in [4.78, 5) is 24.4. The zero-order valence-corrected chi connectivity index (χ0v) is 11.4. The van der Waals surface area contributed by atoms with Gasteiger partial charge >= 0.3 is 5.97 Å². The van der Waals surface area contributed by atoms with Crippen LogP contribution in [0.4, 0.5) is 5.69 Å². The third kappa shape index (κ3) is 4.83. The number of carboxylic acid groups (broad SMARTS) is 1. The molecule has 0 spiro atoms. The normalized spacial score (nSPS) is 11.2. The van der Waals surface area contributed by atoms with Crippen LogP contribution in [0.1, 0.15) is 10.4 Å². The van der Waals surface area contributed by atoms with E-state index in [4.69, 9.17) is 5.11 Å². The Morgan fingerprint density at radius 2 is 2.21 bits per heavy atom. The number of nitro groups is 1. The predicted molar refractivity (Wildman–Crippen MR) is 68.3 cm³/mol. The minimum atomic E-state index is -3.15. The molecule has 0 aliphatic rings. The number of carboxylic acids is 1. The summed E-state index contributed by atoms with van der Waals surface area (Å²) < 4.78 is 21.9. The molecule has 0 fully saturated rings. The largest absolute Gasteiger partial charge is 0.478 e. The van der Waals surface area contributed by atoms with E-state index in [-0.39, 0.29) is 22.1 Å². The highest BCUT2D eigenvalue weighted by molar-refractivity contribution is 8.00. The topological polar surface area (TPSA) is 127 Å². The summed E-state index contributed by atoms with van der Waals surface area (Å²) in [6.07, 6.45) is 2.00. The number of aromatic carboxylic acids is 1. The zero-order valence-electron chi connectivity index (χ0n) is 9.77. The van der Waals surface area contributed by atoms with Gasteiger partial charge in [-0.1, -0.05) is 0 Å². The summed E-state index contributed by atoms with van der Waals surface area (Å²) in [6.45, 7) is 0. The summed E-state index contributed by atoms with van der Waals surface area (Å²) in [5.41, 5.74) is -0.738. The second-order valence-electron chi connectivity index (χ2n) is 3.59. The van der Waals surface area contributed by atoms with Crippen molar-refractivity contribution in [3.8, 4) is 0 Å². The summed E-state index contributed by atoms with van der Waals surface area (Å²) >= 11 is 0.929. The highest BCUT2D eigenvalue weighted by Crippen LogP contribution is 2.24. The van der Waals surface area contributed by atoms with Gasteiger partial charge in [0.05, 0.1) is 16.2 Å². The smallest absolute Gasteiger partial charge is 0.338 e. The van der Waals surface area contributed by atoms with E-state index in [0.29, 0.717) is 0 Å². The number of rotatable bonds is 6. The molecule has 0 saturated heterocycles. The second kappa shape index (κ2) is 5.97. The Labute approximate surface area is 112 Å². The van der Waals surface area contributed by atoms with Gasteiger partial charge < -0.3 is 5.11 Å². The zero-order chi connectivity index (χ0) is 14.6. The molecule has 0 unspecified atom stereocenters. The molecule has 1 rings (SSSR count). The number of thioether (sulfide) groups is 1. The standard InChI is InChI=1S/C9H10N2O6S2/c1-19(16,17)3-2-18-8-7(9(12)13)4-6(5-10-8)11(14)15/h4-5H,2-3H2,1H3,(H,12,13). The molecule has 0 aliphatic carbocycles. The lowest BCUT2D eigenvalue weighted by molar-refractivity contribution is -0.385. The monoisotopic (exact) mass is 306 g/mol. The van der Waals surface area contributed by atoms with E-state index in [1.165, 1.54) is 0 Å². The van der Waals surface area contributed by atoms with Crippen molar-refractivity contribution in [2.75, 3.05) is 17.8 Å². The summed E-state index contributed by atoms with van der Waals surface area (Å²) in [6, 6.07) is 0.901. The maximum Gasteiger partial charge on any atom is 0.338 e. The first-order chi connectivity index (χ1) is 8.70. The number of hydrogen-bond acceptors (Lipinski definition) is 7. The van der Waals surface area contributed by atoms with Gasteiger partial charge in [-0.05, 0) is 0 Å². The molecule has 0 aromatic carbocycles. The molecular formula is C9H10N2O6S2. The molecule has 1 aromatic rings. The molecule has 0 atom stereocenters. The Morgan fingerprint density at radius 3 is 2.68 bits per heavy atom. The average molecular weight is 306 g/mol. The fourth-order valence-corrected chi connectivity index (χ4v) is 3.27. The fourth-order valence-electron chi connectivity index (χ4n) is 1.10. The van der Waals surface area contributed by atoms with Gasteiger partial charge in [0.15, 0.2) is 0 Å². The third-order valence-electron chi connectivity index (χ3n) is 1.97. The number of hydrogen-bond donors (Lipinski definition) is 1. The van der Waals surface area contributed by atoms with Crippen molar-refractivity contribution in [1.29, 1.82) is 0 Å². The van der Waals surface area contributed by atoms with Crippen molar-refractivity contribution < 1.29 is 23.2 Å². The molecule has 0 radical (unpaired) electrons. The third-order valence-corrected chi connectivity index (χ3v) is 4.18. The summed E-state index contributed by atoms with van der Waals surface area (Å²) in [5.74, 6) is -1.35. The van der Waals surface area contributed by atoms with Gasteiger partial charge in [0.2, 0.25) is 0 Å². The minimum Gasteiger partial charge on any atom is -0.478 e. The molecule has 1 aromatic heterocycles. The lowest BCUT2D eigenvalue weighted by Crippen LogP contribution is -2.07. The van der Waals surface area contributed by atoms with E-state index in [1.807, 2.05) is 0 Å². The number of aromatic nitrogens is 1. The van der Waals surface area contributed by atoms with Crippen LogP contribution in [0.25, 0.3) is 0 Å². The van der Waals surface area contributed by atoms with Gasteiger partial charge in [-0.25, -0.2) is 18.2 Å². The Morgan fingerprint density at radius 1 is 1.58 bits per heavy atom. The molecular weight excluding hydrogens is 296 g/mol. The molecule has 19 heavy (non-hydrogen) atoms. The average Bonchev–Trinajstić information content (AvgIpc) is 2.27. The molecule has 104 valence electrons. The van der Waals surface area contributed by atoms with Crippen LogP contribution in [-0.2, 0) is 9.84 Å². The first-order valence-electron chi connectivity index (χ1n) is 4.89. The Balaban J connectivity index is 2.94. The Kier molecular flexibility index (Phi) is 4.84. The van der Waals surface area contributed by atoms with Crippen LogP contribution >= 0.6 is 11.8 Å². The highest BCUT2D eigenvalue weighted by Gasteiger charge is 2.18. The van der Waals surface area contributed by atoms with Crippen molar-refractivity contribution in [2.24, 2.45) is 0 Å². The molecule has 0 amide bonds.